The lowest BCUT2D eigenvalue weighted by atomic mass is 9.50. The molecule has 4 rings (SSSR count). The van der Waals surface area contributed by atoms with Crippen molar-refractivity contribution in [3.63, 3.8) is 0 Å². The summed E-state index contributed by atoms with van der Waals surface area (Å²) in [5.41, 5.74) is -0.171. The maximum atomic E-state index is 11.5. The highest BCUT2D eigenvalue weighted by atomic mass is 16.5. The van der Waals surface area contributed by atoms with Crippen molar-refractivity contribution in [2.24, 2.45) is 28.6 Å². The maximum absolute atomic E-state index is 11.5. The first-order valence-corrected chi connectivity index (χ1v) is 9.90. The van der Waals surface area contributed by atoms with Crippen LogP contribution >= 0.6 is 0 Å². The molecule has 0 aromatic carbocycles. The van der Waals surface area contributed by atoms with Crippen molar-refractivity contribution < 1.29 is 24.5 Å². The van der Waals surface area contributed by atoms with Crippen LogP contribution in [0.5, 0.6) is 0 Å². The van der Waals surface area contributed by atoms with Gasteiger partial charge >= 0.3 is 5.97 Å². The smallest absolute Gasteiger partial charge is 0.302 e. The molecule has 0 amide bonds. The van der Waals surface area contributed by atoms with Gasteiger partial charge in [0.1, 0.15) is 6.10 Å². The van der Waals surface area contributed by atoms with Gasteiger partial charge in [-0.05, 0) is 55.8 Å². The van der Waals surface area contributed by atoms with Gasteiger partial charge in [0.2, 0.25) is 0 Å². The van der Waals surface area contributed by atoms with Gasteiger partial charge in [0.15, 0.2) is 0 Å². The zero-order chi connectivity index (χ0) is 18.0. The Hall–Kier alpha value is -0.650. The first kappa shape index (κ1) is 17.7. The van der Waals surface area contributed by atoms with E-state index in [1.807, 2.05) is 0 Å². The molecular formula is C20H32O5. The minimum absolute atomic E-state index is 0.0317. The van der Waals surface area contributed by atoms with Gasteiger partial charge in [-0.3, -0.25) is 4.79 Å². The third-order valence-electron chi connectivity index (χ3n) is 8.14. The summed E-state index contributed by atoms with van der Waals surface area (Å²) in [4.78, 5) is 11.5. The highest BCUT2D eigenvalue weighted by Gasteiger charge is 2.64. The van der Waals surface area contributed by atoms with E-state index in [1.165, 1.54) is 6.92 Å². The number of carbonyl (C=O) groups is 1. The average Bonchev–Trinajstić information content (AvgIpc) is 2.85. The van der Waals surface area contributed by atoms with E-state index in [4.69, 9.17) is 9.47 Å². The second-order valence-electron chi connectivity index (χ2n) is 9.53. The van der Waals surface area contributed by atoms with E-state index in [0.717, 1.165) is 38.5 Å². The minimum atomic E-state index is -0.394. The molecule has 0 aromatic heterocycles. The molecule has 3 saturated carbocycles. The fourth-order valence-corrected chi connectivity index (χ4v) is 6.73. The molecule has 5 heteroatoms. The summed E-state index contributed by atoms with van der Waals surface area (Å²) >= 11 is 0. The van der Waals surface area contributed by atoms with Gasteiger partial charge in [-0.25, -0.2) is 0 Å². The maximum Gasteiger partial charge on any atom is 0.302 e. The van der Waals surface area contributed by atoms with Crippen molar-refractivity contribution in [3.05, 3.63) is 0 Å². The Bertz CT molecular complexity index is 550. The molecule has 0 radical (unpaired) electrons. The van der Waals surface area contributed by atoms with Gasteiger partial charge in [0, 0.05) is 18.3 Å². The van der Waals surface area contributed by atoms with E-state index in [2.05, 4.69) is 13.8 Å². The molecule has 0 bridgehead atoms. The molecule has 4 unspecified atom stereocenters. The highest BCUT2D eigenvalue weighted by Crippen LogP contribution is 2.62. The number of hydrogen-bond donors (Lipinski definition) is 2. The minimum Gasteiger partial charge on any atom is -0.462 e. The third kappa shape index (κ3) is 2.57. The second-order valence-corrected chi connectivity index (χ2v) is 9.53. The standard InChI is InChI=1S/C20H32O5/c1-11(21)25-16-5-4-14-17-15(23)9-12-8-13(22)6-7-19(12,2)18(17)24-10-20(14,16)3/h12-18,22-23H,4-10H2,1-3H3/t12?,13-,14?,15-,16-,17?,18?,19-,20-/m0/s1. The number of aliphatic hydroxyl groups excluding tert-OH is 2. The largest absolute Gasteiger partial charge is 0.462 e. The number of fused-ring (bicyclic) bond motifs is 5. The Morgan fingerprint density at radius 1 is 1.12 bits per heavy atom. The first-order valence-electron chi connectivity index (χ1n) is 9.90. The third-order valence-corrected chi connectivity index (χ3v) is 8.14. The van der Waals surface area contributed by atoms with Gasteiger partial charge in [-0.2, -0.15) is 0 Å². The number of rotatable bonds is 1. The number of ether oxygens (including phenoxy) is 2. The molecule has 0 aromatic rings. The molecular weight excluding hydrogens is 320 g/mol. The van der Waals surface area contributed by atoms with E-state index in [-0.39, 0.29) is 41.0 Å². The quantitative estimate of drug-likeness (QED) is 0.708. The SMILES string of the molecule is CC(=O)O[C@H]1CCC2C3C(OC[C@@]21C)[C@@]1(C)CC[C@H](O)CC1C[C@@H]3O. The van der Waals surface area contributed by atoms with Crippen LogP contribution < -0.4 is 0 Å². The molecule has 142 valence electrons. The molecule has 0 spiro atoms. The Labute approximate surface area is 150 Å². The van der Waals surface area contributed by atoms with Crippen LogP contribution in [0.3, 0.4) is 0 Å². The molecule has 4 fully saturated rings. The Kier molecular flexibility index (Phi) is 4.21. The zero-order valence-electron chi connectivity index (χ0n) is 15.6. The second kappa shape index (κ2) is 5.93. The average molecular weight is 352 g/mol. The van der Waals surface area contributed by atoms with Gasteiger partial charge in [0.25, 0.3) is 0 Å². The van der Waals surface area contributed by atoms with Crippen LogP contribution in [0, 0.1) is 28.6 Å². The fourth-order valence-electron chi connectivity index (χ4n) is 6.73. The normalized spacial score (nSPS) is 55.0. The van der Waals surface area contributed by atoms with Crippen LogP contribution in [0.4, 0.5) is 0 Å². The van der Waals surface area contributed by atoms with Crippen molar-refractivity contribution in [1.82, 2.24) is 0 Å². The highest BCUT2D eigenvalue weighted by molar-refractivity contribution is 5.66. The lowest BCUT2D eigenvalue weighted by molar-refractivity contribution is -0.253. The number of carbonyl (C=O) groups excluding carboxylic acids is 1. The summed E-state index contributed by atoms with van der Waals surface area (Å²) in [6.07, 6.45) is 4.46. The number of aliphatic hydroxyl groups is 2. The van der Waals surface area contributed by atoms with E-state index < -0.39 is 6.10 Å². The van der Waals surface area contributed by atoms with E-state index in [9.17, 15) is 15.0 Å². The predicted octanol–water partition coefficient (Wildman–Crippen LogP) is 2.28. The lowest BCUT2D eigenvalue weighted by Gasteiger charge is -2.61. The lowest BCUT2D eigenvalue weighted by Crippen LogP contribution is -2.64. The van der Waals surface area contributed by atoms with Gasteiger partial charge in [-0.1, -0.05) is 13.8 Å². The van der Waals surface area contributed by atoms with Crippen LogP contribution in [-0.4, -0.2) is 47.2 Å². The van der Waals surface area contributed by atoms with Crippen molar-refractivity contribution in [2.45, 2.75) is 83.7 Å². The van der Waals surface area contributed by atoms with Gasteiger partial charge in [-0.15, -0.1) is 0 Å². The monoisotopic (exact) mass is 352 g/mol. The summed E-state index contributed by atoms with van der Waals surface area (Å²) in [5, 5.41) is 21.1. The molecule has 1 saturated heterocycles. The molecule has 9 atom stereocenters. The summed E-state index contributed by atoms with van der Waals surface area (Å²) in [6.45, 7) is 6.53. The molecule has 25 heavy (non-hydrogen) atoms. The molecule has 3 aliphatic carbocycles. The fraction of sp³-hybridized carbons (Fsp3) is 0.950. The molecule has 2 N–H and O–H groups in total. The van der Waals surface area contributed by atoms with Crippen molar-refractivity contribution in [3.8, 4) is 0 Å². The van der Waals surface area contributed by atoms with E-state index >= 15 is 0 Å². The van der Waals surface area contributed by atoms with Crippen LogP contribution in [0.15, 0.2) is 0 Å². The van der Waals surface area contributed by atoms with Gasteiger partial charge in [0.05, 0.1) is 24.9 Å². The molecule has 4 aliphatic rings. The molecule has 1 heterocycles. The van der Waals surface area contributed by atoms with Crippen LogP contribution in [0.1, 0.15) is 59.3 Å². The Morgan fingerprint density at radius 3 is 2.60 bits per heavy atom. The van der Waals surface area contributed by atoms with Gasteiger partial charge < -0.3 is 19.7 Å². The first-order chi connectivity index (χ1) is 11.8. The summed E-state index contributed by atoms with van der Waals surface area (Å²) in [5.74, 6) is 0.528. The van der Waals surface area contributed by atoms with Crippen LogP contribution in [0.2, 0.25) is 0 Å². The van der Waals surface area contributed by atoms with Crippen molar-refractivity contribution >= 4 is 5.97 Å². The Morgan fingerprint density at radius 2 is 1.88 bits per heavy atom. The zero-order valence-corrected chi connectivity index (χ0v) is 15.6. The Balaban J connectivity index is 1.62. The number of esters is 1. The number of hydrogen-bond acceptors (Lipinski definition) is 5. The topological polar surface area (TPSA) is 76.0 Å². The summed E-state index contributed by atoms with van der Waals surface area (Å²) < 4.78 is 12.1. The molecule has 5 nitrogen and oxygen atoms in total. The summed E-state index contributed by atoms with van der Waals surface area (Å²) in [7, 11) is 0. The molecule has 1 aliphatic heterocycles. The van der Waals surface area contributed by atoms with E-state index in [1.54, 1.807) is 0 Å². The van der Waals surface area contributed by atoms with Crippen LogP contribution in [0.25, 0.3) is 0 Å². The van der Waals surface area contributed by atoms with Crippen molar-refractivity contribution in [2.75, 3.05) is 6.61 Å². The van der Waals surface area contributed by atoms with E-state index in [0.29, 0.717) is 18.4 Å². The van der Waals surface area contributed by atoms with Crippen molar-refractivity contribution in [1.29, 1.82) is 0 Å². The predicted molar refractivity (Wildman–Crippen MR) is 91.7 cm³/mol. The summed E-state index contributed by atoms with van der Waals surface area (Å²) in [6, 6.07) is 0. The van der Waals surface area contributed by atoms with Crippen LogP contribution in [-0.2, 0) is 14.3 Å².